The van der Waals surface area contributed by atoms with Gasteiger partial charge in [-0.3, -0.25) is 4.79 Å². The van der Waals surface area contributed by atoms with Gasteiger partial charge in [0.25, 0.3) is 0 Å². The van der Waals surface area contributed by atoms with Crippen molar-refractivity contribution < 1.29 is 30.0 Å². The summed E-state index contributed by atoms with van der Waals surface area (Å²) < 4.78 is 4.86. The summed E-state index contributed by atoms with van der Waals surface area (Å²) in [5, 5.41) is 39.9. The first-order chi connectivity index (χ1) is 7.88. The molecule has 5 atom stereocenters. The van der Waals surface area contributed by atoms with Crippen LogP contribution in [0.4, 0.5) is 0 Å². The van der Waals surface area contributed by atoms with Gasteiger partial charge in [0.15, 0.2) is 6.29 Å². The van der Waals surface area contributed by atoms with Crippen LogP contribution in [0.25, 0.3) is 0 Å². The van der Waals surface area contributed by atoms with Crippen LogP contribution < -0.4 is 5.32 Å². The van der Waals surface area contributed by atoms with E-state index in [2.05, 4.69) is 11.9 Å². The summed E-state index contributed by atoms with van der Waals surface area (Å²) in [6.45, 7) is 4.32. The molecule has 5 N–H and O–H groups in total. The van der Waals surface area contributed by atoms with Crippen LogP contribution in [0, 0.1) is 0 Å². The number of rotatable bonds is 3. The Labute approximate surface area is 98.3 Å². The smallest absolute Gasteiger partial charge is 0.246 e. The molecule has 7 nitrogen and oxygen atoms in total. The molecule has 1 amide bonds. The van der Waals surface area contributed by atoms with Gasteiger partial charge in [-0.05, 0) is 6.92 Å². The van der Waals surface area contributed by atoms with E-state index in [0.717, 1.165) is 0 Å². The highest BCUT2D eigenvalue weighted by Gasteiger charge is 2.44. The van der Waals surface area contributed by atoms with Crippen molar-refractivity contribution >= 4 is 5.91 Å². The standard InChI is InChI=1S/C10H17NO6/c1-4(2)9(15)11-6-8(14)7(13)5(3-12)17-10(6)16/h5-8,10,12-14,16H,1,3H2,2H3,(H,11,15)/t5-,6-,7+,8-,10?/m1/s1. The van der Waals surface area contributed by atoms with Crippen LogP contribution in [0.2, 0.25) is 0 Å². The average Bonchev–Trinajstić information content (AvgIpc) is 2.28. The topological polar surface area (TPSA) is 119 Å². The highest BCUT2D eigenvalue weighted by Crippen LogP contribution is 2.19. The molecule has 0 bridgehead atoms. The summed E-state index contributed by atoms with van der Waals surface area (Å²) in [6.07, 6.45) is -5.41. The second-order valence-electron chi connectivity index (χ2n) is 4.01. The maximum atomic E-state index is 11.3. The Hall–Kier alpha value is -0.990. The number of carbonyl (C=O) groups is 1. The van der Waals surface area contributed by atoms with Crippen LogP contribution in [-0.2, 0) is 9.53 Å². The number of nitrogens with one attached hydrogen (secondary N) is 1. The lowest BCUT2D eigenvalue weighted by molar-refractivity contribution is -0.253. The van der Waals surface area contributed by atoms with Gasteiger partial charge in [0.1, 0.15) is 24.4 Å². The van der Waals surface area contributed by atoms with Gasteiger partial charge in [0.05, 0.1) is 6.61 Å². The lowest BCUT2D eigenvalue weighted by Gasteiger charge is -2.40. The normalized spacial score (nSPS) is 37.6. The number of hydrogen-bond donors (Lipinski definition) is 5. The van der Waals surface area contributed by atoms with Gasteiger partial charge in [-0.25, -0.2) is 0 Å². The fraction of sp³-hybridized carbons (Fsp3) is 0.700. The lowest BCUT2D eigenvalue weighted by atomic mass is 9.97. The maximum absolute atomic E-state index is 11.3. The second kappa shape index (κ2) is 5.56. The zero-order chi connectivity index (χ0) is 13.2. The Kier molecular flexibility index (Phi) is 4.61. The predicted octanol–water partition coefficient (Wildman–Crippen LogP) is -2.52. The first kappa shape index (κ1) is 14.1. The third-order valence-corrected chi connectivity index (χ3v) is 2.59. The fourth-order valence-corrected chi connectivity index (χ4v) is 1.53. The first-order valence-electron chi connectivity index (χ1n) is 5.15. The fourth-order valence-electron chi connectivity index (χ4n) is 1.53. The molecule has 98 valence electrons. The molecule has 1 rings (SSSR count). The molecule has 0 aromatic heterocycles. The number of amides is 1. The number of aliphatic hydroxyl groups is 4. The van der Waals surface area contributed by atoms with Gasteiger partial charge in [-0.1, -0.05) is 6.58 Å². The van der Waals surface area contributed by atoms with Crippen LogP contribution in [0.3, 0.4) is 0 Å². The van der Waals surface area contributed by atoms with E-state index < -0.39 is 43.2 Å². The summed E-state index contributed by atoms with van der Waals surface area (Å²) in [7, 11) is 0. The number of carbonyl (C=O) groups excluding carboxylic acids is 1. The van der Waals surface area contributed by atoms with Gasteiger partial charge in [-0.15, -0.1) is 0 Å². The first-order valence-corrected chi connectivity index (χ1v) is 5.15. The molecule has 7 heteroatoms. The van der Waals surface area contributed by atoms with Crippen LogP contribution >= 0.6 is 0 Å². The van der Waals surface area contributed by atoms with Gasteiger partial charge in [0.2, 0.25) is 5.91 Å². The van der Waals surface area contributed by atoms with Crippen LogP contribution in [0.5, 0.6) is 0 Å². The molecule has 0 saturated carbocycles. The largest absolute Gasteiger partial charge is 0.394 e. The maximum Gasteiger partial charge on any atom is 0.246 e. The summed E-state index contributed by atoms with van der Waals surface area (Å²) in [5.74, 6) is -0.564. The zero-order valence-corrected chi connectivity index (χ0v) is 9.41. The van der Waals surface area contributed by atoms with Crippen molar-refractivity contribution in [3.63, 3.8) is 0 Å². The molecule has 0 spiro atoms. The summed E-state index contributed by atoms with van der Waals surface area (Å²) in [4.78, 5) is 11.3. The SMILES string of the molecule is C=C(C)C(=O)N[C@H]1C(O)O[C@H](CO)[C@H](O)[C@@H]1O. The average molecular weight is 247 g/mol. The minimum absolute atomic E-state index is 0.197. The highest BCUT2D eigenvalue weighted by molar-refractivity contribution is 5.92. The van der Waals surface area contributed by atoms with Crippen molar-refractivity contribution in [1.82, 2.24) is 5.32 Å². The van der Waals surface area contributed by atoms with Crippen molar-refractivity contribution in [2.24, 2.45) is 0 Å². The predicted molar refractivity (Wildman–Crippen MR) is 56.7 cm³/mol. The lowest BCUT2D eigenvalue weighted by Crippen LogP contribution is -2.64. The molecular weight excluding hydrogens is 230 g/mol. The number of ether oxygens (including phenoxy) is 1. The molecular formula is C10H17NO6. The Bertz CT molecular complexity index is 307. The van der Waals surface area contributed by atoms with Crippen molar-refractivity contribution in [3.8, 4) is 0 Å². The van der Waals surface area contributed by atoms with E-state index in [4.69, 9.17) is 9.84 Å². The molecule has 1 heterocycles. The van der Waals surface area contributed by atoms with E-state index >= 15 is 0 Å². The van der Waals surface area contributed by atoms with Gasteiger partial charge < -0.3 is 30.5 Å². The van der Waals surface area contributed by atoms with E-state index in [9.17, 15) is 20.1 Å². The molecule has 17 heavy (non-hydrogen) atoms. The monoisotopic (exact) mass is 247 g/mol. The van der Waals surface area contributed by atoms with Crippen molar-refractivity contribution in [3.05, 3.63) is 12.2 Å². The molecule has 1 saturated heterocycles. The van der Waals surface area contributed by atoms with Gasteiger partial charge in [-0.2, -0.15) is 0 Å². The number of hydrogen-bond acceptors (Lipinski definition) is 6. The highest BCUT2D eigenvalue weighted by atomic mass is 16.6. The molecule has 1 aliphatic rings. The van der Waals surface area contributed by atoms with E-state index in [1.165, 1.54) is 6.92 Å². The summed E-state index contributed by atoms with van der Waals surface area (Å²) in [5.41, 5.74) is 0.197. The van der Waals surface area contributed by atoms with E-state index in [-0.39, 0.29) is 5.57 Å². The third kappa shape index (κ3) is 3.02. The zero-order valence-electron chi connectivity index (χ0n) is 9.41. The van der Waals surface area contributed by atoms with Crippen LogP contribution in [-0.4, -0.2) is 63.6 Å². The molecule has 1 aliphatic heterocycles. The Morgan fingerprint density at radius 2 is 1.94 bits per heavy atom. The quantitative estimate of drug-likeness (QED) is 0.351. The van der Waals surface area contributed by atoms with Crippen molar-refractivity contribution in [2.75, 3.05) is 6.61 Å². The molecule has 0 radical (unpaired) electrons. The molecule has 1 unspecified atom stereocenters. The number of aliphatic hydroxyl groups excluding tert-OH is 4. The van der Waals surface area contributed by atoms with Gasteiger partial charge >= 0.3 is 0 Å². The minimum Gasteiger partial charge on any atom is -0.394 e. The van der Waals surface area contributed by atoms with Crippen LogP contribution in [0.1, 0.15) is 6.92 Å². The Balaban J connectivity index is 2.73. The van der Waals surface area contributed by atoms with Crippen molar-refractivity contribution in [1.29, 1.82) is 0 Å². The van der Waals surface area contributed by atoms with Crippen LogP contribution in [0.15, 0.2) is 12.2 Å². The van der Waals surface area contributed by atoms with E-state index in [0.29, 0.717) is 0 Å². The van der Waals surface area contributed by atoms with E-state index in [1.54, 1.807) is 0 Å². The Morgan fingerprint density at radius 1 is 1.35 bits per heavy atom. The molecule has 0 aromatic rings. The van der Waals surface area contributed by atoms with E-state index in [1.807, 2.05) is 0 Å². The molecule has 0 aromatic carbocycles. The Morgan fingerprint density at radius 3 is 2.41 bits per heavy atom. The van der Waals surface area contributed by atoms with Crippen molar-refractivity contribution in [2.45, 2.75) is 37.6 Å². The second-order valence-corrected chi connectivity index (χ2v) is 4.01. The molecule has 1 fully saturated rings. The molecule has 0 aliphatic carbocycles. The summed E-state index contributed by atoms with van der Waals surface area (Å²) in [6, 6.07) is -1.17. The minimum atomic E-state index is -1.51. The third-order valence-electron chi connectivity index (χ3n) is 2.59. The van der Waals surface area contributed by atoms with Gasteiger partial charge in [0, 0.05) is 5.57 Å². The summed E-state index contributed by atoms with van der Waals surface area (Å²) >= 11 is 0.